The van der Waals surface area contributed by atoms with Crippen molar-refractivity contribution in [2.24, 2.45) is 0 Å². The molecule has 0 spiro atoms. The van der Waals surface area contributed by atoms with E-state index in [0.29, 0.717) is 0 Å². The molecule has 7 nitrogen and oxygen atoms in total. The van der Waals surface area contributed by atoms with Gasteiger partial charge in [-0.05, 0) is 6.07 Å². The minimum atomic E-state index is -0.815. The van der Waals surface area contributed by atoms with Gasteiger partial charge in [0.25, 0.3) is 5.69 Å². The molecule has 0 aromatic heterocycles. The van der Waals surface area contributed by atoms with Crippen molar-refractivity contribution >= 4 is 17.6 Å². The van der Waals surface area contributed by atoms with Crippen LogP contribution in [0.4, 0.5) is 5.69 Å². The summed E-state index contributed by atoms with van der Waals surface area (Å²) in [5, 5.41) is 10.5. The van der Waals surface area contributed by atoms with Gasteiger partial charge in [0, 0.05) is 19.1 Å². The van der Waals surface area contributed by atoms with E-state index >= 15 is 0 Å². The lowest BCUT2D eigenvalue weighted by atomic mass is 10.2. The van der Waals surface area contributed by atoms with Crippen LogP contribution in [0.15, 0.2) is 18.2 Å². The third kappa shape index (κ3) is 3.00. The number of carbonyl (C=O) groups is 2. The summed E-state index contributed by atoms with van der Waals surface area (Å²) < 4.78 is 9.18. The number of rotatable bonds is 3. The van der Waals surface area contributed by atoms with Gasteiger partial charge in [0.15, 0.2) is 0 Å². The predicted octanol–water partition coefficient (Wildman–Crippen LogP) is 1.31. The van der Waals surface area contributed by atoms with Crippen molar-refractivity contribution in [3.63, 3.8) is 0 Å². The Morgan fingerprint density at radius 2 is 2.00 bits per heavy atom. The van der Waals surface area contributed by atoms with Gasteiger partial charge in [0.1, 0.15) is 11.3 Å². The number of esters is 2. The molecule has 0 saturated heterocycles. The lowest BCUT2D eigenvalue weighted by Crippen LogP contribution is -2.09. The van der Waals surface area contributed by atoms with Gasteiger partial charge >= 0.3 is 11.9 Å². The Morgan fingerprint density at radius 3 is 2.47 bits per heavy atom. The van der Waals surface area contributed by atoms with E-state index in [0.717, 1.165) is 26.2 Å². The van der Waals surface area contributed by atoms with Crippen molar-refractivity contribution in [3.8, 4) is 5.75 Å². The number of hydrogen-bond donors (Lipinski definition) is 0. The van der Waals surface area contributed by atoms with Crippen LogP contribution in [0.5, 0.6) is 5.75 Å². The van der Waals surface area contributed by atoms with Crippen LogP contribution in [-0.4, -0.2) is 24.0 Å². The van der Waals surface area contributed by atoms with Crippen molar-refractivity contribution in [1.82, 2.24) is 0 Å². The van der Waals surface area contributed by atoms with Gasteiger partial charge in [-0.1, -0.05) is 0 Å². The molecule has 0 atom stereocenters. The normalized spacial score (nSPS) is 9.53. The molecule has 0 aliphatic heterocycles. The first-order valence-electron chi connectivity index (χ1n) is 4.51. The highest BCUT2D eigenvalue weighted by molar-refractivity contribution is 5.94. The molecule has 0 heterocycles. The van der Waals surface area contributed by atoms with Gasteiger partial charge in [-0.15, -0.1) is 0 Å². The molecule has 17 heavy (non-hydrogen) atoms. The SMILES string of the molecule is COC(=O)c1cc([N+](=O)[O-])ccc1OC(C)=O. The largest absolute Gasteiger partial charge is 0.465 e. The first-order valence-corrected chi connectivity index (χ1v) is 4.51. The topological polar surface area (TPSA) is 95.7 Å². The molecule has 0 radical (unpaired) electrons. The van der Waals surface area contributed by atoms with Crippen molar-refractivity contribution in [2.45, 2.75) is 6.92 Å². The Morgan fingerprint density at radius 1 is 1.35 bits per heavy atom. The van der Waals surface area contributed by atoms with E-state index < -0.39 is 16.9 Å². The molecule has 1 aromatic rings. The quantitative estimate of drug-likeness (QED) is 0.341. The number of nitrogens with zero attached hydrogens (tertiary/aromatic N) is 1. The standard InChI is InChI=1S/C10H9NO6/c1-6(12)17-9-4-3-7(11(14)15)5-8(9)10(13)16-2/h3-5H,1-2H3. The van der Waals surface area contributed by atoms with Crippen molar-refractivity contribution < 1.29 is 24.0 Å². The summed E-state index contributed by atoms with van der Waals surface area (Å²) in [5.74, 6) is -1.52. The lowest BCUT2D eigenvalue weighted by molar-refractivity contribution is -0.384. The Bertz CT molecular complexity index is 482. The number of methoxy groups -OCH3 is 1. The van der Waals surface area contributed by atoms with Crippen LogP contribution < -0.4 is 4.74 Å². The molecule has 7 heteroatoms. The van der Waals surface area contributed by atoms with Crippen molar-refractivity contribution in [1.29, 1.82) is 0 Å². The predicted molar refractivity (Wildman–Crippen MR) is 55.7 cm³/mol. The summed E-state index contributed by atoms with van der Waals surface area (Å²) in [7, 11) is 1.12. The molecule has 0 bridgehead atoms. The molecule has 0 aliphatic rings. The third-order valence-corrected chi connectivity index (χ3v) is 1.83. The van der Waals surface area contributed by atoms with Crippen molar-refractivity contribution in [2.75, 3.05) is 7.11 Å². The first kappa shape index (κ1) is 12.6. The van der Waals surface area contributed by atoms with Crippen molar-refractivity contribution in [3.05, 3.63) is 33.9 Å². The van der Waals surface area contributed by atoms with Crippen LogP contribution in [0.2, 0.25) is 0 Å². The van der Waals surface area contributed by atoms with E-state index in [4.69, 9.17) is 4.74 Å². The van der Waals surface area contributed by atoms with Crippen LogP contribution in [0.3, 0.4) is 0 Å². The van der Waals surface area contributed by atoms with Gasteiger partial charge in [-0.25, -0.2) is 4.79 Å². The van der Waals surface area contributed by atoms with E-state index in [2.05, 4.69) is 4.74 Å². The number of nitro groups is 1. The van der Waals surface area contributed by atoms with Gasteiger partial charge in [-0.3, -0.25) is 14.9 Å². The summed E-state index contributed by atoms with van der Waals surface area (Å²) in [6.07, 6.45) is 0. The summed E-state index contributed by atoms with van der Waals surface area (Å²) in [6.45, 7) is 1.16. The number of carbonyl (C=O) groups excluding carboxylic acids is 2. The minimum absolute atomic E-state index is 0.0741. The molecular weight excluding hydrogens is 230 g/mol. The summed E-state index contributed by atoms with van der Waals surface area (Å²) in [4.78, 5) is 32.0. The molecular formula is C10H9NO6. The Hall–Kier alpha value is -2.44. The zero-order valence-electron chi connectivity index (χ0n) is 9.13. The van der Waals surface area contributed by atoms with Crippen LogP contribution in [0.1, 0.15) is 17.3 Å². The number of ether oxygens (including phenoxy) is 2. The molecule has 0 aliphatic carbocycles. The Labute approximate surface area is 96.1 Å². The smallest absolute Gasteiger partial charge is 0.341 e. The maximum absolute atomic E-state index is 11.4. The third-order valence-electron chi connectivity index (χ3n) is 1.83. The highest BCUT2D eigenvalue weighted by atomic mass is 16.6. The number of non-ortho nitro benzene ring substituents is 1. The van der Waals surface area contributed by atoms with Gasteiger partial charge in [-0.2, -0.15) is 0 Å². The Kier molecular flexibility index (Phi) is 3.76. The fourth-order valence-corrected chi connectivity index (χ4v) is 1.14. The van der Waals surface area contributed by atoms with Crippen LogP contribution in [0, 0.1) is 10.1 Å². The maximum Gasteiger partial charge on any atom is 0.341 e. The Balaban J connectivity index is 3.25. The molecule has 1 aromatic carbocycles. The average molecular weight is 239 g/mol. The van der Waals surface area contributed by atoms with E-state index in [9.17, 15) is 19.7 Å². The van der Waals surface area contributed by atoms with E-state index in [1.54, 1.807) is 0 Å². The second kappa shape index (κ2) is 5.06. The molecule has 0 amide bonds. The lowest BCUT2D eigenvalue weighted by Gasteiger charge is -2.06. The van der Waals surface area contributed by atoms with Gasteiger partial charge in [0.05, 0.1) is 12.0 Å². The summed E-state index contributed by atoms with van der Waals surface area (Å²) >= 11 is 0. The number of nitro benzene ring substituents is 1. The molecule has 1 rings (SSSR count). The zero-order valence-corrected chi connectivity index (χ0v) is 9.13. The number of benzene rings is 1. The molecule has 0 fully saturated rings. The van der Waals surface area contributed by atoms with Gasteiger partial charge in [0.2, 0.25) is 0 Å². The van der Waals surface area contributed by atoms with Crippen LogP contribution in [-0.2, 0) is 9.53 Å². The van der Waals surface area contributed by atoms with Gasteiger partial charge < -0.3 is 9.47 Å². The van der Waals surface area contributed by atoms with Crippen LogP contribution in [0.25, 0.3) is 0 Å². The highest BCUT2D eigenvalue weighted by Gasteiger charge is 2.19. The molecule has 0 unspecified atom stereocenters. The molecule has 90 valence electrons. The summed E-state index contributed by atoms with van der Waals surface area (Å²) in [5.41, 5.74) is -0.460. The molecule has 0 saturated carbocycles. The average Bonchev–Trinajstić information content (AvgIpc) is 2.27. The maximum atomic E-state index is 11.4. The number of hydrogen-bond acceptors (Lipinski definition) is 6. The monoisotopic (exact) mass is 239 g/mol. The minimum Gasteiger partial charge on any atom is -0.465 e. The zero-order chi connectivity index (χ0) is 13.0. The second-order valence-corrected chi connectivity index (χ2v) is 3.02. The van der Waals surface area contributed by atoms with E-state index in [1.165, 1.54) is 6.07 Å². The highest BCUT2D eigenvalue weighted by Crippen LogP contribution is 2.25. The first-order chi connectivity index (χ1) is 7.95. The summed E-state index contributed by atoms with van der Waals surface area (Å²) in [6, 6.07) is 3.29. The fraction of sp³-hybridized carbons (Fsp3) is 0.200. The van der Waals surface area contributed by atoms with Crippen LogP contribution >= 0.6 is 0 Å². The molecule has 0 N–H and O–H groups in total. The fourth-order valence-electron chi connectivity index (χ4n) is 1.14. The van der Waals surface area contributed by atoms with E-state index in [1.807, 2.05) is 0 Å². The second-order valence-electron chi connectivity index (χ2n) is 3.02. The van der Waals surface area contributed by atoms with E-state index in [-0.39, 0.29) is 17.0 Å².